The van der Waals surface area contributed by atoms with E-state index < -0.39 is 28.5 Å². The van der Waals surface area contributed by atoms with Crippen molar-refractivity contribution in [3.05, 3.63) is 59.7 Å². The zero-order valence-corrected chi connectivity index (χ0v) is 22.3. The highest BCUT2D eigenvalue weighted by molar-refractivity contribution is 7.92. The number of carbonyl (C=O) groups excluding carboxylic acids is 2. The minimum atomic E-state index is -3.76. The van der Waals surface area contributed by atoms with Gasteiger partial charge in [0.15, 0.2) is 0 Å². The van der Waals surface area contributed by atoms with Crippen LogP contribution in [0.5, 0.6) is 5.75 Å². The smallest absolute Gasteiger partial charge is 0.244 e. The second kappa shape index (κ2) is 12.6. The Hall–Kier alpha value is -3.07. The molecule has 0 heterocycles. The third-order valence-corrected chi connectivity index (χ3v) is 6.81. The van der Waals surface area contributed by atoms with Gasteiger partial charge >= 0.3 is 0 Å². The van der Waals surface area contributed by atoms with E-state index in [4.69, 9.17) is 4.74 Å². The molecule has 2 aromatic rings. The summed E-state index contributed by atoms with van der Waals surface area (Å²) in [6, 6.07) is 13.5. The van der Waals surface area contributed by atoms with Gasteiger partial charge in [0.1, 0.15) is 18.3 Å². The van der Waals surface area contributed by atoms with Gasteiger partial charge in [-0.2, -0.15) is 0 Å². The lowest BCUT2D eigenvalue weighted by Gasteiger charge is -2.32. The van der Waals surface area contributed by atoms with Crippen LogP contribution in [0.25, 0.3) is 0 Å². The molecule has 0 unspecified atom stereocenters. The largest absolute Gasteiger partial charge is 0.497 e. The highest BCUT2D eigenvalue weighted by Crippen LogP contribution is 2.24. The Morgan fingerprint density at radius 3 is 2.20 bits per heavy atom. The molecule has 2 aromatic carbocycles. The molecule has 9 heteroatoms. The van der Waals surface area contributed by atoms with E-state index in [1.165, 1.54) is 4.90 Å². The van der Waals surface area contributed by atoms with Crippen LogP contribution in [-0.2, 0) is 32.6 Å². The number of hydrogen-bond donors (Lipinski definition) is 1. The van der Waals surface area contributed by atoms with E-state index >= 15 is 0 Å². The van der Waals surface area contributed by atoms with Crippen molar-refractivity contribution < 1.29 is 22.7 Å². The summed E-state index contributed by atoms with van der Waals surface area (Å²) < 4.78 is 31.8. The topological polar surface area (TPSA) is 96.0 Å². The first-order valence-electron chi connectivity index (χ1n) is 11.7. The standard InChI is InChI=1S/C26H37N3O5S/c1-7-22-10-8-9-11-24(22)29(35(6,32)33)18-25(30)28(20(4)26(31)27-16-19(2)3)17-21-12-14-23(34-5)15-13-21/h8-15,19-20H,7,16-18H2,1-6H3,(H,27,31)/t20-/m1/s1. The van der Waals surface area contributed by atoms with Crippen LogP contribution in [0.3, 0.4) is 0 Å². The average Bonchev–Trinajstić information content (AvgIpc) is 2.83. The van der Waals surface area contributed by atoms with Gasteiger partial charge in [0, 0.05) is 13.1 Å². The van der Waals surface area contributed by atoms with Crippen LogP contribution in [0.1, 0.15) is 38.8 Å². The van der Waals surface area contributed by atoms with Crippen molar-refractivity contribution in [1.82, 2.24) is 10.2 Å². The second-order valence-electron chi connectivity index (χ2n) is 8.94. The maximum atomic E-state index is 13.6. The van der Waals surface area contributed by atoms with Crippen molar-refractivity contribution in [2.24, 2.45) is 5.92 Å². The minimum Gasteiger partial charge on any atom is -0.497 e. The Bertz CT molecular complexity index is 1100. The van der Waals surface area contributed by atoms with Crippen LogP contribution in [-0.4, -0.2) is 57.6 Å². The summed E-state index contributed by atoms with van der Waals surface area (Å²) in [5.74, 6) is 0.168. The van der Waals surface area contributed by atoms with Gasteiger partial charge < -0.3 is 15.0 Å². The number of aryl methyl sites for hydroxylation is 1. The van der Waals surface area contributed by atoms with Gasteiger partial charge in [-0.05, 0) is 48.6 Å². The number of sulfonamides is 1. The molecular formula is C26H37N3O5S. The first-order valence-corrected chi connectivity index (χ1v) is 13.6. The Morgan fingerprint density at radius 2 is 1.66 bits per heavy atom. The molecule has 0 aliphatic heterocycles. The van der Waals surface area contributed by atoms with Crippen molar-refractivity contribution in [2.45, 2.75) is 46.7 Å². The van der Waals surface area contributed by atoms with E-state index in [0.717, 1.165) is 21.7 Å². The Kier molecular flexibility index (Phi) is 10.1. The number of nitrogens with zero attached hydrogens (tertiary/aromatic N) is 2. The van der Waals surface area contributed by atoms with E-state index in [0.29, 0.717) is 24.4 Å². The third-order valence-electron chi connectivity index (χ3n) is 5.68. The number of rotatable bonds is 12. The number of nitrogens with one attached hydrogen (secondary N) is 1. The van der Waals surface area contributed by atoms with E-state index in [1.54, 1.807) is 38.3 Å². The fourth-order valence-corrected chi connectivity index (χ4v) is 4.49. The highest BCUT2D eigenvalue weighted by Gasteiger charge is 2.30. The lowest BCUT2D eigenvalue weighted by molar-refractivity contribution is -0.139. The SMILES string of the molecule is CCc1ccccc1N(CC(=O)N(Cc1ccc(OC)cc1)[C@H](C)C(=O)NCC(C)C)S(C)(=O)=O. The van der Waals surface area contributed by atoms with Crippen molar-refractivity contribution in [1.29, 1.82) is 0 Å². The van der Waals surface area contributed by atoms with Crippen LogP contribution < -0.4 is 14.4 Å². The summed E-state index contributed by atoms with van der Waals surface area (Å²) >= 11 is 0. The van der Waals surface area contributed by atoms with Gasteiger partial charge in [-0.25, -0.2) is 8.42 Å². The minimum absolute atomic E-state index is 0.145. The van der Waals surface area contributed by atoms with Gasteiger partial charge in [0.25, 0.3) is 0 Å². The molecule has 35 heavy (non-hydrogen) atoms. The molecule has 0 fully saturated rings. The molecule has 0 saturated carbocycles. The van der Waals surface area contributed by atoms with E-state index in [9.17, 15) is 18.0 Å². The molecule has 1 N–H and O–H groups in total. The first-order chi connectivity index (χ1) is 16.5. The number of hydrogen-bond acceptors (Lipinski definition) is 5. The van der Waals surface area contributed by atoms with E-state index in [-0.39, 0.29) is 18.4 Å². The summed E-state index contributed by atoms with van der Waals surface area (Å²) in [6.45, 7) is 7.77. The number of carbonyl (C=O) groups is 2. The molecule has 192 valence electrons. The van der Waals surface area contributed by atoms with Crippen LogP contribution in [0, 0.1) is 5.92 Å². The van der Waals surface area contributed by atoms with Crippen molar-refractivity contribution >= 4 is 27.5 Å². The van der Waals surface area contributed by atoms with Crippen molar-refractivity contribution in [3.8, 4) is 5.75 Å². The number of para-hydroxylation sites is 1. The van der Waals surface area contributed by atoms with Crippen LogP contribution >= 0.6 is 0 Å². The maximum Gasteiger partial charge on any atom is 0.244 e. The molecule has 0 saturated heterocycles. The van der Waals surface area contributed by atoms with E-state index in [1.807, 2.05) is 45.0 Å². The van der Waals surface area contributed by atoms with Crippen LogP contribution in [0.4, 0.5) is 5.69 Å². The van der Waals surface area contributed by atoms with Gasteiger partial charge in [-0.15, -0.1) is 0 Å². The molecule has 0 spiro atoms. The fraction of sp³-hybridized carbons (Fsp3) is 0.462. The normalized spacial score (nSPS) is 12.2. The van der Waals surface area contributed by atoms with Gasteiger partial charge in [-0.1, -0.05) is 51.1 Å². The van der Waals surface area contributed by atoms with Gasteiger partial charge in [-0.3, -0.25) is 13.9 Å². The quantitative estimate of drug-likeness (QED) is 0.480. The molecule has 2 rings (SSSR count). The van der Waals surface area contributed by atoms with Gasteiger partial charge in [0.05, 0.1) is 19.1 Å². The molecule has 0 radical (unpaired) electrons. The summed E-state index contributed by atoms with van der Waals surface area (Å²) in [4.78, 5) is 27.9. The highest BCUT2D eigenvalue weighted by atomic mass is 32.2. The summed E-state index contributed by atoms with van der Waals surface area (Å²) in [5, 5.41) is 2.87. The van der Waals surface area contributed by atoms with Crippen molar-refractivity contribution in [3.63, 3.8) is 0 Å². The predicted octanol–water partition coefficient (Wildman–Crippen LogP) is 3.21. The zero-order valence-electron chi connectivity index (χ0n) is 21.4. The second-order valence-corrected chi connectivity index (χ2v) is 10.8. The van der Waals surface area contributed by atoms with Crippen LogP contribution in [0.15, 0.2) is 48.5 Å². The maximum absolute atomic E-state index is 13.6. The molecule has 8 nitrogen and oxygen atoms in total. The summed E-state index contributed by atoms with van der Waals surface area (Å²) in [6.07, 6.45) is 1.69. The number of amides is 2. The lowest BCUT2D eigenvalue weighted by atomic mass is 10.1. The first kappa shape index (κ1) is 28.2. The third kappa shape index (κ3) is 7.99. The molecule has 2 amide bonds. The summed E-state index contributed by atoms with van der Waals surface area (Å²) in [7, 11) is -2.19. The predicted molar refractivity (Wildman–Crippen MR) is 139 cm³/mol. The Labute approximate surface area is 209 Å². The molecule has 0 bridgehead atoms. The number of methoxy groups -OCH3 is 1. The van der Waals surface area contributed by atoms with Crippen LogP contribution in [0.2, 0.25) is 0 Å². The van der Waals surface area contributed by atoms with Crippen molar-refractivity contribution in [2.75, 3.05) is 30.8 Å². The molecule has 1 atom stereocenters. The Balaban J connectivity index is 2.39. The lowest BCUT2D eigenvalue weighted by Crippen LogP contribution is -2.51. The molecular weight excluding hydrogens is 466 g/mol. The number of anilines is 1. The Morgan fingerprint density at radius 1 is 1.03 bits per heavy atom. The fourth-order valence-electron chi connectivity index (χ4n) is 3.61. The summed E-state index contributed by atoms with van der Waals surface area (Å²) in [5.41, 5.74) is 2.07. The number of ether oxygens (including phenoxy) is 1. The van der Waals surface area contributed by atoms with Gasteiger partial charge in [0.2, 0.25) is 21.8 Å². The van der Waals surface area contributed by atoms with E-state index in [2.05, 4.69) is 5.32 Å². The molecule has 0 aliphatic rings. The molecule has 0 aliphatic carbocycles. The average molecular weight is 504 g/mol. The number of benzene rings is 2. The zero-order chi connectivity index (χ0) is 26.2. The molecule has 0 aromatic heterocycles. The monoisotopic (exact) mass is 503 g/mol.